The molecule has 9 nitrogen and oxygen atoms in total. The van der Waals surface area contributed by atoms with Crippen LogP contribution in [0.2, 0.25) is 0 Å². The van der Waals surface area contributed by atoms with Gasteiger partial charge in [-0.1, -0.05) is 35.5 Å². The molecule has 0 saturated heterocycles. The highest BCUT2D eigenvalue weighted by Crippen LogP contribution is 2.16. The molecule has 0 bridgehead atoms. The molecule has 0 amide bonds. The second-order valence-corrected chi connectivity index (χ2v) is 6.51. The number of ether oxygens (including phenoxy) is 1. The van der Waals surface area contributed by atoms with Gasteiger partial charge in [-0.15, -0.1) is 24.0 Å². The number of imidazole rings is 1. The zero-order valence-electron chi connectivity index (χ0n) is 17.6. The van der Waals surface area contributed by atoms with Crippen LogP contribution in [0.3, 0.4) is 0 Å². The Labute approximate surface area is 193 Å². The van der Waals surface area contributed by atoms with Crippen LogP contribution in [0.5, 0.6) is 0 Å². The number of aromatic amines is 1. The Morgan fingerprint density at radius 3 is 2.80 bits per heavy atom. The number of guanidine groups is 1. The Kier molecular flexibility index (Phi) is 9.24. The molecule has 0 aliphatic rings. The molecule has 2 N–H and O–H groups in total. The fourth-order valence-corrected chi connectivity index (χ4v) is 2.88. The molecule has 10 heteroatoms. The topological polar surface area (TPSA) is 104 Å². The predicted molar refractivity (Wildman–Crippen MR) is 125 cm³/mol. The molecular formula is C20H28IN7O2. The monoisotopic (exact) mass is 525 g/mol. The highest BCUT2D eigenvalue weighted by atomic mass is 127. The molecule has 0 radical (unpaired) electrons. The van der Waals surface area contributed by atoms with Gasteiger partial charge < -0.3 is 24.5 Å². The van der Waals surface area contributed by atoms with Crippen molar-refractivity contribution in [3.63, 3.8) is 0 Å². The first-order valence-electron chi connectivity index (χ1n) is 9.55. The maximum absolute atomic E-state index is 5.48. The number of hydrogen-bond donors (Lipinski definition) is 2. The minimum absolute atomic E-state index is 0. The van der Waals surface area contributed by atoms with Gasteiger partial charge in [0, 0.05) is 20.7 Å². The fourth-order valence-electron chi connectivity index (χ4n) is 2.88. The molecule has 2 heterocycles. The maximum atomic E-state index is 5.48. The minimum atomic E-state index is -0.197. The van der Waals surface area contributed by atoms with Crippen LogP contribution in [0.25, 0.3) is 11.3 Å². The zero-order valence-corrected chi connectivity index (χ0v) is 20.0. The van der Waals surface area contributed by atoms with Crippen LogP contribution in [0.4, 0.5) is 0 Å². The van der Waals surface area contributed by atoms with Crippen molar-refractivity contribution in [3.05, 3.63) is 54.1 Å². The third-order valence-corrected chi connectivity index (χ3v) is 4.34. The number of halogens is 1. The molecular weight excluding hydrogens is 497 g/mol. The van der Waals surface area contributed by atoms with Gasteiger partial charge in [0.25, 0.3) is 0 Å². The molecule has 162 valence electrons. The van der Waals surface area contributed by atoms with Crippen molar-refractivity contribution in [2.24, 2.45) is 4.99 Å². The average molecular weight is 525 g/mol. The van der Waals surface area contributed by atoms with Crippen LogP contribution in [-0.4, -0.2) is 51.7 Å². The number of H-pyrrole nitrogens is 1. The molecule has 1 aromatic carbocycles. The number of nitrogens with zero attached hydrogens (tertiary/aromatic N) is 5. The summed E-state index contributed by atoms with van der Waals surface area (Å²) in [5, 5.41) is 7.19. The van der Waals surface area contributed by atoms with Gasteiger partial charge in [-0.25, -0.2) is 4.98 Å². The molecule has 0 aliphatic heterocycles. The summed E-state index contributed by atoms with van der Waals surface area (Å²) < 4.78 is 10.8. The third kappa shape index (κ3) is 6.26. The van der Waals surface area contributed by atoms with Gasteiger partial charge >= 0.3 is 0 Å². The third-order valence-electron chi connectivity index (χ3n) is 4.34. The number of hydrogen-bond acceptors (Lipinski definition) is 6. The number of aliphatic imine (C=N–C) groups is 1. The van der Waals surface area contributed by atoms with Crippen LogP contribution in [0, 0.1) is 0 Å². The maximum Gasteiger partial charge on any atom is 0.246 e. The van der Waals surface area contributed by atoms with Crippen LogP contribution in [0.15, 0.2) is 46.0 Å². The second-order valence-electron chi connectivity index (χ2n) is 6.51. The van der Waals surface area contributed by atoms with Crippen LogP contribution in [-0.2, 0) is 17.8 Å². The SMILES string of the molecule is CCOC(C)c1noc(CNC(=NC)N(C)Cc2ncc(-c3ccccc3)[nH]2)n1.I. The molecule has 3 rings (SSSR count). The summed E-state index contributed by atoms with van der Waals surface area (Å²) in [6.45, 7) is 5.37. The number of benzene rings is 1. The highest BCUT2D eigenvalue weighted by molar-refractivity contribution is 14.0. The Morgan fingerprint density at radius 1 is 1.33 bits per heavy atom. The van der Waals surface area contributed by atoms with E-state index in [9.17, 15) is 0 Å². The number of nitrogens with one attached hydrogen (secondary N) is 2. The van der Waals surface area contributed by atoms with E-state index in [-0.39, 0.29) is 30.1 Å². The van der Waals surface area contributed by atoms with Gasteiger partial charge in [0.1, 0.15) is 11.9 Å². The van der Waals surface area contributed by atoms with Gasteiger partial charge in [-0.2, -0.15) is 4.98 Å². The molecule has 3 aromatic rings. The number of aromatic nitrogens is 4. The van der Waals surface area contributed by atoms with E-state index < -0.39 is 0 Å². The van der Waals surface area contributed by atoms with Crippen LogP contribution in [0.1, 0.15) is 37.5 Å². The largest absolute Gasteiger partial charge is 0.371 e. The lowest BCUT2D eigenvalue weighted by Gasteiger charge is -2.20. The highest BCUT2D eigenvalue weighted by Gasteiger charge is 2.15. The first-order chi connectivity index (χ1) is 14.1. The van der Waals surface area contributed by atoms with E-state index in [2.05, 4.69) is 30.4 Å². The average Bonchev–Trinajstić information content (AvgIpc) is 3.39. The summed E-state index contributed by atoms with van der Waals surface area (Å²) in [6.07, 6.45) is 1.64. The molecule has 0 saturated carbocycles. The number of rotatable bonds is 8. The Balaban J connectivity index is 0.00000320. The van der Waals surface area contributed by atoms with Crippen molar-refractivity contribution in [2.45, 2.75) is 33.0 Å². The van der Waals surface area contributed by atoms with Gasteiger partial charge in [0.05, 0.1) is 25.0 Å². The van der Waals surface area contributed by atoms with Crippen molar-refractivity contribution in [1.29, 1.82) is 0 Å². The van der Waals surface area contributed by atoms with Crippen molar-refractivity contribution in [1.82, 2.24) is 30.3 Å². The second kappa shape index (κ2) is 11.6. The lowest BCUT2D eigenvalue weighted by molar-refractivity contribution is 0.0683. The fraction of sp³-hybridized carbons (Fsp3) is 0.400. The van der Waals surface area contributed by atoms with E-state index in [1.807, 2.05) is 62.3 Å². The summed E-state index contributed by atoms with van der Waals surface area (Å²) in [6, 6.07) is 10.1. The van der Waals surface area contributed by atoms with E-state index in [1.165, 1.54) is 0 Å². The van der Waals surface area contributed by atoms with E-state index in [4.69, 9.17) is 9.26 Å². The van der Waals surface area contributed by atoms with E-state index in [0.29, 0.717) is 37.4 Å². The molecule has 0 aliphatic carbocycles. The summed E-state index contributed by atoms with van der Waals surface area (Å²) in [5.74, 6) is 2.56. The predicted octanol–water partition coefficient (Wildman–Crippen LogP) is 3.38. The lowest BCUT2D eigenvalue weighted by Crippen LogP contribution is -2.38. The smallest absolute Gasteiger partial charge is 0.246 e. The van der Waals surface area contributed by atoms with Gasteiger partial charge in [0.15, 0.2) is 11.8 Å². The quantitative estimate of drug-likeness (QED) is 0.264. The molecule has 0 fully saturated rings. The Morgan fingerprint density at radius 2 is 2.10 bits per heavy atom. The van der Waals surface area contributed by atoms with E-state index in [0.717, 1.165) is 17.1 Å². The summed E-state index contributed by atoms with van der Waals surface area (Å²) >= 11 is 0. The summed E-state index contributed by atoms with van der Waals surface area (Å²) in [5.41, 5.74) is 2.09. The molecule has 2 aromatic heterocycles. The first kappa shape index (κ1) is 23.8. The van der Waals surface area contributed by atoms with Gasteiger partial charge in [-0.3, -0.25) is 4.99 Å². The van der Waals surface area contributed by atoms with Gasteiger partial charge in [-0.05, 0) is 19.4 Å². The van der Waals surface area contributed by atoms with Crippen molar-refractivity contribution >= 4 is 29.9 Å². The summed E-state index contributed by atoms with van der Waals surface area (Å²) in [7, 11) is 3.67. The Hall–Kier alpha value is -2.47. The molecule has 1 unspecified atom stereocenters. The molecule has 30 heavy (non-hydrogen) atoms. The van der Waals surface area contributed by atoms with E-state index in [1.54, 1.807) is 7.05 Å². The summed E-state index contributed by atoms with van der Waals surface area (Å²) in [4.78, 5) is 18.5. The van der Waals surface area contributed by atoms with Crippen LogP contribution < -0.4 is 5.32 Å². The Bertz CT molecular complexity index is 926. The van der Waals surface area contributed by atoms with Crippen molar-refractivity contribution in [3.8, 4) is 11.3 Å². The molecule has 1 atom stereocenters. The standard InChI is InChI=1S/C20H27N7O2.HI/c1-5-28-14(2)19-25-18(29-26-19)12-23-20(21-3)27(4)13-17-22-11-16(24-17)15-9-7-6-8-10-15;/h6-11,14H,5,12-13H2,1-4H3,(H,21,23)(H,22,24);1H. The lowest BCUT2D eigenvalue weighted by atomic mass is 10.2. The van der Waals surface area contributed by atoms with E-state index >= 15 is 0 Å². The zero-order chi connectivity index (χ0) is 20.6. The van der Waals surface area contributed by atoms with Crippen molar-refractivity contribution < 1.29 is 9.26 Å². The van der Waals surface area contributed by atoms with Crippen LogP contribution >= 0.6 is 24.0 Å². The molecule has 0 spiro atoms. The normalized spacial score (nSPS) is 12.3. The van der Waals surface area contributed by atoms with Crippen molar-refractivity contribution in [2.75, 3.05) is 20.7 Å². The first-order valence-corrected chi connectivity index (χ1v) is 9.55. The minimum Gasteiger partial charge on any atom is -0.371 e. The van der Waals surface area contributed by atoms with Gasteiger partial charge in [0.2, 0.25) is 5.89 Å².